The van der Waals surface area contributed by atoms with Crippen LogP contribution in [0.2, 0.25) is 0 Å². The number of rotatable bonds is 11. The van der Waals surface area contributed by atoms with Crippen LogP contribution >= 0.6 is 0 Å². The Labute approximate surface area is 226 Å². The van der Waals surface area contributed by atoms with Gasteiger partial charge in [-0.3, -0.25) is 13.8 Å². The average Bonchev–Trinajstić information content (AvgIpc) is 2.89. The van der Waals surface area contributed by atoms with Crippen LogP contribution in [0.4, 0.5) is 0 Å². The van der Waals surface area contributed by atoms with Gasteiger partial charge in [0.15, 0.2) is 17.6 Å². The smallest absolute Gasteiger partial charge is 0.311 e. The van der Waals surface area contributed by atoms with Crippen LogP contribution in [-0.2, 0) is 50.7 Å². The van der Waals surface area contributed by atoms with E-state index in [1.807, 2.05) is 36.4 Å². The van der Waals surface area contributed by atoms with E-state index in [0.29, 0.717) is 11.5 Å². The monoisotopic (exact) mass is 544 g/mol. The average molecular weight is 545 g/mol. The first-order valence-electron chi connectivity index (χ1n) is 12.5. The molecule has 206 valence electrons. The van der Waals surface area contributed by atoms with E-state index < -0.39 is 58.0 Å². The van der Waals surface area contributed by atoms with Crippen molar-refractivity contribution >= 4 is 22.7 Å². The topological polar surface area (TPSA) is 97.4 Å². The molecule has 38 heavy (non-hydrogen) atoms. The van der Waals surface area contributed by atoms with Crippen molar-refractivity contribution in [2.45, 2.75) is 69.0 Å². The summed E-state index contributed by atoms with van der Waals surface area (Å²) >= 11 is 0. The normalized spacial score (nSPS) is 24.3. The maximum atomic E-state index is 13.8. The zero-order chi connectivity index (χ0) is 27.7. The second-order valence-corrected chi connectivity index (χ2v) is 11.5. The minimum absolute atomic E-state index is 0.0171. The first-order chi connectivity index (χ1) is 18.1. The van der Waals surface area contributed by atoms with Crippen LogP contribution in [0.25, 0.3) is 0 Å². The first kappa shape index (κ1) is 29.7. The van der Waals surface area contributed by atoms with Gasteiger partial charge >= 0.3 is 11.9 Å². The second kappa shape index (κ2) is 13.8. The summed E-state index contributed by atoms with van der Waals surface area (Å²) in [7, 11) is -1.76. The molecule has 2 aromatic rings. The van der Waals surface area contributed by atoms with Crippen molar-refractivity contribution in [3.05, 3.63) is 78.9 Å². The van der Waals surface area contributed by atoms with Gasteiger partial charge in [0.2, 0.25) is 0 Å². The van der Waals surface area contributed by atoms with Gasteiger partial charge in [-0.15, -0.1) is 6.58 Å². The van der Waals surface area contributed by atoms with Crippen molar-refractivity contribution < 1.29 is 37.5 Å². The van der Waals surface area contributed by atoms with Gasteiger partial charge in [0, 0.05) is 11.8 Å². The van der Waals surface area contributed by atoms with E-state index >= 15 is 0 Å². The third-order valence-corrected chi connectivity index (χ3v) is 7.27. The SMILES string of the molecule is C=CCO[C@@H]1[C@@H](OC(=O)C(C)(C)C)[C@H](S(=O)c2ccccc2)O[C@H](COCc2ccccc2)[C@@H]1OC(C)=O. The fourth-order valence-corrected chi connectivity index (χ4v) is 5.26. The molecular formula is C29H36O8S. The number of hydrogen-bond donors (Lipinski definition) is 0. The summed E-state index contributed by atoms with van der Waals surface area (Å²) in [5.41, 5.74) is -1.02. The van der Waals surface area contributed by atoms with Gasteiger partial charge in [0.25, 0.3) is 0 Å². The fraction of sp³-hybridized carbons (Fsp3) is 0.448. The largest absolute Gasteiger partial charge is 0.457 e. The van der Waals surface area contributed by atoms with E-state index in [9.17, 15) is 13.8 Å². The number of hydrogen-bond acceptors (Lipinski definition) is 8. The van der Waals surface area contributed by atoms with Gasteiger partial charge in [-0.2, -0.15) is 0 Å². The van der Waals surface area contributed by atoms with E-state index in [4.69, 9.17) is 23.7 Å². The molecule has 0 aliphatic carbocycles. The van der Waals surface area contributed by atoms with Crippen LogP contribution in [0.15, 0.2) is 78.2 Å². The molecule has 6 atom stereocenters. The highest BCUT2D eigenvalue weighted by Crippen LogP contribution is 2.34. The number of ether oxygens (including phenoxy) is 5. The standard InChI is InChI=1S/C29H36O8S/c1-6-17-34-25-24(35-20(2)30)23(19-33-18-21-13-9-7-10-14-21)36-27(26(25)37-28(31)29(3,4)5)38(32)22-15-11-8-12-16-22/h6-16,23-27H,1,17-19H2,2-5H3/t23-,24+,25+,26-,27+,38?/m1/s1. The van der Waals surface area contributed by atoms with E-state index in [1.54, 1.807) is 45.0 Å². The maximum Gasteiger partial charge on any atom is 0.311 e. The van der Waals surface area contributed by atoms with Gasteiger partial charge in [0.05, 0.1) is 36.0 Å². The van der Waals surface area contributed by atoms with Gasteiger partial charge in [-0.25, -0.2) is 0 Å². The summed E-state index contributed by atoms with van der Waals surface area (Å²) in [6, 6.07) is 18.3. The highest BCUT2D eigenvalue weighted by molar-refractivity contribution is 7.85. The van der Waals surface area contributed by atoms with Crippen LogP contribution in [0.5, 0.6) is 0 Å². The lowest BCUT2D eigenvalue weighted by atomic mass is 9.96. The quantitative estimate of drug-likeness (QED) is 0.307. The van der Waals surface area contributed by atoms with Crippen molar-refractivity contribution in [3.63, 3.8) is 0 Å². The lowest BCUT2D eigenvalue weighted by Crippen LogP contribution is -2.63. The summed E-state index contributed by atoms with van der Waals surface area (Å²) in [6.07, 6.45) is -2.44. The van der Waals surface area contributed by atoms with E-state index in [2.05, 4.69) is 6.58 Å². The molecule has 8 nitrogen and oxygen atoms in total. The number of benzene rings is 2. The molecule has 0 spiro atoms. The Morgan fingerprint density at radius 3 is 2.18 bits per heavy atom. The van der Waals surface area contributed by atoms with Crippen LogP contribution in [-0.4, -0.2) is 59.2 Å². The van der Waals surface area contributed by atoms with Crippen molar-refractivity contribution in [1.82, 2.24) is 0 Å². The van der Waals surface area contributed by atoms with Crippen LogP contribution < -0.4 is 0 Å². The molecule has 0 amide bonds. The van der Waals surface area contributed by atoms with Gasteiger partial charge in [-0.1, -0.05) is 54.6 Å². The zero-order valence-electron chi connectivity index (χ0n) is 22.2. The molecule has 1 fully saturated rings. The highest BCUT2D eigenvalue weighted by Gasteiger charge is 2.53. The zero-order valence-corrected chi connectivity index (χ0v) is 23.1. The van der Waals surface area contributed by atoms with Crippen LogP contribution in [0, 0.1) is 5.41 Å². The molecule has 0 bridgehead atoms. The predicted molar refractivity (Wildman–Crippen MR) is 142 cm³/mol. The van der Waals surface area contributed by atoms with Crippen LogP contribution in [0.1, 0.15) is 33.3 Å². The minimum atomic E-state index is -1.76. The molecule has 0 aromatic heterocycles. The van der Waals surface area contributed by atoms with Crippen molar-refractivity contribution in [3.8, 4) is 0 Å². The Bertz CT molecular complexity index is 1080. The Kier molecular flexibility index (Phi) is 10.8. The van der Waals surface area contributed by atoms with Crippen molar-refractivity contribution in [1.29, 1.82) is 0 Å². The van der Waals surface area contributed by atoms with E-state index in [1.165, 1.54) is 13.0 Å². The Morgan fingerprint density at radius 2 is 1.61 bits per heavy atom. The lowest BCUT2D eigenvalue weighted by molar-refractivity contribution is -0.242. The number of carbonyl (C=O) groups is 2. The summed E-state index contributed by atoms with van der Waals surface area (Å²) in [5.74, 6) is -1.10. The molecule has 1 unspecified atom stereocenters. The summed E-state index contributed by atoms with van der Waals surface area (Å²) in [4.78, 5) is 25.6. The first-order valence-corrected chi connectivity index (χ1v) is 13.7. The second-order valence-electron chi connectivity index (χ2n) is 9.93. The third-order valence-electron chi connectivity index (χ3n) is 5.74. The molecule has 1 heterocycles. The van der Waals surface area contributed by atoms with Crippen molar-refractivity contribution in [2.75, 3.05) is 13.2 Å². The Balaban J connectivity index is 1.98. The van der Waals surface area contributed by atoms with Gasteiger partial charge < -0.3 is 23.7 Å². The summed E-state index contributed by atoms with van der Waals surface area (Å²) in [5, 5.41) is 0. The molecule has 3 rings (SSSR count). The van der Waals surface area contributed by atoms with Gasteiger partial charge in [0.1, 0.15) is 12.2 Å². The maximum absolute atomic E-state index is 13.8. The van der Waals surface area contributed by atoms with E-state index in [-0.39, 0.29) is 13.2 Å². The molecule has 0 radical (unpaired) electrons. The highest BCUT2D eigenvalue weighted by atomic mass is 32.2. The van der Waals surface area contributed by atoms with Crippen LogP contribution in [0.3, 0.4) is 0 Å². The van der Waals surface area contributed by atoms with Gasteiger partial charge in [-0.05, 0) is 38.5 Å². The van der Waals surface area contributed by atoms with E-state index in [0.717, 1.165) is 5.56 Å². The predicted octanol–water partition coefficient (Wildman–Crippen LogP) is 4.20. The lowest BCUT2D eigenvalue weighted by Gasteiger charge is -2.45. The Hall–Kier alpha value is -2.85. The summed E-state index contributed by atoms with van der Waals surface area (Å²) in [6.45, 7) is 10.5. The fourth-order valence-electron chi connectivity index (χ4n) is 3.87. The molecule has 2 aromatic carbocycles. The summed E-state index contributed by atoms with van der Waals surface area (Å²) < 4.78 is 43.6. The molecule has 1 aliphatic heterocycles. The molecular weight excluding hydrogens is 508 g/mol. The number of carbonyl (C=O) groups excluding carboxylic acids is 2. The number of esters is 2. The molecule has 9 heteroatoms. The molecule has 0 N–H and O–H groups in total. The molecule has 1 aliphatic rings. The Morgan fingerprint density at radius 1 is 0.974 bits per heavy atom. The third kappa shape index (κ3) is 8.07. The molecule has 0 saturated carbocycles. The molecule has 1 saturated heterocycles. The van der Waals surface area contributed by atoms with Crippen molar-refractivity contribution in [2.24, 2.45) is 5.41 Å². The minimum Gasteiger partial charge on any atom is -0.457 e.